The minimum atomic E-state index is -0.233. The first kappa shape index (κ1) is 13.3. The summed E-state index contributed by atoms with van der Waals surface area (Å²) < 4.78 is 11.0. The predicted molar refractivity (Wildman–Crippen MR) is 66.0 cm³/mol. The van der Waals surface area contributed by atoms with Gasteiger partial charge in [0.2, 0.25) is 0 Å². The Balaban J connectivity index is 3.07. The predicted octanol–water partition coefficient (Wildman–Crippen LogP) is 2.77. The van der Waals surface area contributed by atoms with Crippen molar-refractivity contribution in [1.29, 1.82) is 0 Å². The quantitative estimate of drug-likeness (QED) is 0.865. The highest BCUT2D eigenvalue weighted by Gasteiger charge is 2.19. The Labute approximate surface area is 101 Å². The van der Waals surface area contributed by atoms with Gasteiger partial charge in [0.15, 0.2) is 0 Å². The molecular weight excluding hydrogens is 226 g/mol. The van der Waals surface area contributed by atoms with E-state index in [2.05, 4.69) is 0 Å². The topological polar surface area (TPSA) is 44.5 Å². The highest BCUT2D eigenvalue weighted by Crippen LogP contribution is 2.34. The molecule has 1 rings (SSSR count). The lowest BCUT2D eigenvalue weighted by atomic mass is 10.1. The molecule has 1 unspecified atom stereocenters. The second-order valence-electron chi connectivity index (χ2n) is 3.76. The minimum Gasteiger partial charge on any atom is -0.496 e. The van der Waals surface area contributed by atoms with Gasteiger partial charge in [-0.15, -0.1) is 0 Å². The SMILES string of the molecule is COc1cccc(Cl)c1C(CN)OC(C)C. The van der Waals surface area contributed by atoms with Gasteiger partial charge in [-0.05, 0) is 26.0 Å². The molecule has 0 aliphatic rings. The standard InChI is InChI=1S/C12H18ClNO2/c1-8(2)16-11(7-14)12-9(13)5-4-6-10(12)15-3/h4-6,8,11H,7,14H2,1-3H3. The fraction of sp³-hybridized carbons (Fsp3) is 0.500. The molecule has 2 N–H and O–H groups in total. The Morgan fingerprint density at radius 3 is 2.56 bits per heavy atom. The number of hydrogen-bond acceptors (Lipinski definition) is 3. The van der Waals surface area contributed by atoms with E-state index >= 15 is 0 Å². The van der Waals surface area contributed by atoms with Crippen LogP contribution >= 0.6 is 11.6 Å². The molecule has 1 aromatic carbocycles. The number of methoxy groups -OCH3 is 1. The normalized spacial score (nSPS) is 12.9. The first-order chi connectivity index (χ1) is 7.60. The molecule has 4 heteroatoms. The second kappa shape index (κ2) is 6.09. The summed E-state index contributed by atoms with van der Waals surface area (Å²) in [7, 11) is 1.61. The molecule has 3 nitrogen and oxygen atoms in total. The van der Waals surface area contributed by atoms with Gasteiger partial charge in [-0.25, -0.2) is 0 Å². The molecular formula is C12H18ClNO2. The molecule has 16 heavy (non-hydrogen) atoms. The fourth-order valence-electron chi connectivity index (χ4n) is 1.58. The fourth-order valence-corrected chi connectivity index (χ4v) is 1.87. The van der Waals surface area contributed by atoms with Gasteiger partial charge in [-0.1, -0.05) is 17.7 Å². The Morgan fingerprint density at radius 1 is 1.38 bits per heavy atom. The van der Waals surface area contributed by atoms with E-state index in [0.717, 1.165) is 5.56 Å². The first-order valence-electron chi connectivity index (χ1n) is 5.28. The van der Waals surface area contributed by atoms with Crippen LogP contribution in [-0.2, 0) is 4.74 Å². The van der Waals surface area contributed by atoms with Crippen molar-refractivity contribution < 1.29 is 9.47 Å². The van der Waals surface area contributed by atoms with E-state index in [1.165, 1.54) is 0 Å². The number of rotatable bonds is 5. The molecule has 0 saturated heterocycles. The monoisotopic (exact) mass is 243 g/mol. The first-order valence-corrected chi connectivity index (χ1v) is 5.65. The second-order valence-corrected chi connectivity index (χ2v) is 4.17. The Morgan fingerprint density at radius 2 is 2.06 bits per heavy atom. The van der Waals surface area contributed by atoms with E-state index < -0.39 is 0 Å². The van der Waals surface area contributed by atoms with Gasteiger partial charge in [0.25, 0.3) is 0 Å². The molecule has 0 amide bonds. The molecule has 0 aromatic heterocycles. The molecule has 0 aliphatic heterocycles. The maximum atomic E-state index is 6.15. The number of hydrogen-bond donors (Lipinski definition) is 1. The van der Waals surface area contributed by atoms with Gasteiger partial charge in [-0.3, -0.25) is 0 Å². The Kier molecular flexibility index (Phi) is 5.06. The molecule has 0 heterocycles. The van der Waals surface area contributed by atoms with Gasteiger partial charge in [0.1, 0.15) is 11.9 Å². The van der Waals surface area contributed by atoms with Crippen LogP contribution in [0.15, 0.2) is 18.2 Å². The van der Waals surface area contributed by atoms with E-state index in [1.807, 2.05) is 32.0 Å². The largest absolute Gasteiger partial charge is 0.496 e. The molecule has 1 atom stereocenters. The van der Waals surface area contributed by atoms with Crippen LogP contribution in [0.3, 0.4) is 0 Å². The molecule has 0 fully saturated rings. The average molecular weight is 244 g/mol. The smallest absolute Gasteiger partial charge is 0.126 e. The molecule has 0 radical (unpaired) electrons. The van der Waals surface area contributed by atoms with E-state index in [1.54, 1.807) is 7.11 Å². The summed E-state index contributed by atoms with van der Waals surface area (Å²) >= 11 is 6.15. The number of nitrogens with two attached hydrogens (primary N) is 1. The zero-order chi connectivity index (χ0) is 12.1. The molecule has 0 bridgehead atoms. The van der Waals surface area contributed by atoms with Crippen molar-refractivity contribution in [3.8, 4) is 5.75 Å². The van der Waals surface area contributed by atoms with E-state index in [9.17, 15) is 0 Å². The number of halogens is 1. The Bertz CT molecular complexity index is 342. The summed E-state index contributed by atoms with van der Waals surface area (Å²) in [6, 6.07) is 5.51. The van der Waals surface area contributed by atoms with E-state index in [4.69, 9.17) is 26.8 Å². The number of ether oxygens (including phenoxy) is 2. The summed E-state index contributed by atoms with van der Waals surface area (Å²) in [5.74, 6) is 0.712. The van der Waals surface area contributed by atoms with Crippen LogP contribution in [-0.4, -0.2) is 19.8 Å². The lowest BCUT2D eigenvalue weighted by molar-refractivity contribution is 0.0108. The molecule has 1 aromatic rings. The average Bonchev–Trinajstić information content (AvgIpc) is 2.25. The van der Waals surface area contributed by atoms with Crippen LogP contribution in [0.5, 0.6) is 5.75 Å². The van der Waals surface area contributed by atoms with Crippen LogP contribution in [0.4, 0.5) is 0 Å². The zero-order valence-corrected chi connectivity index (χ0v) is 10.6. The van der Waals surface area contributed by atoms with Crippen molar-refractivity contribution in [3.05, 3.63) is 28.8 Å². The van der Waals surface area contributed by atoms with Gasteiger partial charge >= 0.3 is 0 Å². The summed E-state index contributed by atoms with van der Waals surface area (Å²) in [4.78, 5) is 0. The van der Waals surface area contributed by atoms with Crippen molar-refractivity contribution in [3.63, 3.8) is 0 Å². The summed E-state index contributed by atoms with van der Waals surface area (Å²) in [5.41, 5.74) is 6.53. The highest BCUT2D eigenvalue weighted by molar-refractivity contribution is 6.31. The minimum absolute atomic E-state index is 0.0922. The van der Waals surface area contributed by atoms with Gasteiger partial charge in [0, 0.05) is 12.1 Å². The zero-order valence-electron chi connectivity index (χ0n) is 9.87. The third kappa shape index (κ3) is 3.11. The van der Waals surface area contributed by atoms with Crippen LogP contribution in [0.25, 0.3) is 0 Å². The highest BCUT2D eigenvalue weighted by atomic mass is 35.5. The summed E-state index contributed by atoms with van der Waals surface area (Å²) in [6.07, 6.45) is -0.141. The van der Waals surface area contributed by atoms with Crippen molar-refractivity contribution in [2.45, 2.75) is 26.1 Å². The Hall–Kier alpha value is -0.770. The van der Waals surface area contributed by atoms with Gasteiger partial charge < -0.3 is 15.2 Å². The van der Waals surface area contributed by atoms with Crippen molar-refractivity contribution in [2.24, 2.45) is 5.73 Å². The summed E-state index contributed by atoms with van der Waals surface area (Å²) in [5, 5.41) is 0.621. The third-order valence-corrected chi connectivity index (χ3v) is 2.53. The lowest BCUT2D eigenvalue weighted by Crippen LogP contribution is -2.20. The van der Waals surface area contributed by atoms with Gasteiger partial charge in [-0.2, -0.15) is 0 Å². The van der Waals surface area contributed by atoms with E-state index in [-0.39, 0.29) is 12.2 Å². The van der Waals surface area contributed by atoms with Gasteiger partial charge in [0.05, 0.1) is 18.2 Å². The summed E-state index contributed by atoms with van der Waals surface area (Å²) in [6.45, 7) is 4.30. The molecule has 0 aliphatic carbocycles. The maximum absolute atomic E-state index is 6.15. The van der Waals surface area contributed by atoms with Crippen LogP contribution in [0.2, 0.25) is 5.02 Å². The van der Waals surface area contributed by atoms with Crippen molar-refractivity contribution in [1.82, 2.24) is 0 Å². The number of benzene rings is 1. The maximum Gasteiger partial charge on any atom is 0.126 e. The van der Waals surface area contributed by atoms with Crippen LogP contribution in [0, 0.1) is 0 Å². The lowest BCUT2D eigenvalue weighted by Gasteiger charge is -2.22. The molecule has 0 saturated carbocycles. The van der Waals surface area contributed by atoms with Crippen LogP contribution < -0.4 is 10.5 Å². The molecule has 90 valence electrons. The van der Waals surface area contributed by atoms with Crippen molar-refractivity contribution >= 4 is 11.6 Å². The van der Waals surface area contributed by atoms with Crippen LogP contribution in [0.1, 0.15) is 25.5 Å². The van der Waals surface area contributed by atoms with Crippen molar-refractivity contribution in [2.75, 3.05) is 13.7 Å². The molecule has 0 spiro atoms. The van der Waals surface area contributed by atoms with E-state index in [0.29, 0.717) is 17.3 Å². The third-order valence-electron chi connectivity index (χ3n) is 2.21.